The van der Waals surface area contributed by atoms with E-state index in [0.717, 1.165) is 0 Å². The fourth-order valence-electron chi connectivity index (χ4n) is 1.04. The molecule has 74 valence electrons. The largest absolute Gasteiger partial charge is 0.478 e. The van der Waals surface area contributed by atoms with Crippen LogP contribution in [0.1, 0.15) is 20.8 Å². The molecule has 1 atom stereocenters. The molecule has 0 bridgehead atoms. The van der Waals surface area contributed by atoms with Gasteiger partial charge in [0.1, 0.15) is 6.61 Å². The molecule has 0 radical (unpaired) electrons. The van der Waals surface area contributed by atoms with Crippen molar-refractivity contribution in [3.8, 4) is 0 Å². The number of rotatable bonds is 1. The normalized spacial score (nSPS) is 22.2. The summed E-state index contributed by atoms with van der Waals surface area (Å²) in [5, 5.41) is 0. The van der Waals surface area contributed by atoms with Gasteiger partial charge in [-0.25, -0.2) is 9.79 Å². The van der Waals surface area contributed by atoms with Gasteiger partial charge in [0.2, 0.25) is 0 Å². The minimum absolute atomic E-state index is 0.136. The molecule has 0 saturated carbocycles. The zero-order chi connectivity index (χ0) is 10.1. The summed E-state index contributed by atoms with van der Waals surface area (Å²) >= 11 is 0. The van der Waals surface area contributed by atoms with Crippen molar-refractivity contribution in [3.63, 3.8) is 0 Å². The molecular weight excluding hydrogens is 170 g/mol. The molecule has 0 N–H and O–H groups in total. The van der Waals surface area contributed by atoms with E-state index in [4.69, 9.17) is 4.74 Å². The van der Waals surface area contributed by atoms with E-state index in [0.29, 0.717) is 12.5 Å². The molecule has 1 heterocycles. The molecule has 1 unspecified atom stereocenters. The first-order valence-corrected chi connectivity index (χ1v) is 4.24. The molecule has 0 aromatic carbocycles. The van der Waals surface area contributed by atoms with E-state index in [2.05, 4.69) is 9.73 Å². The van der Waals surface area contributed by atoms with Crippen molar-refractivity contribution in [2.45, 2.75) is 26.8 Å². The van der Waals surface area contributed by atoms with Gasteiger partial charge in [0.05, 0.1) is 7.11 Å². The fourth-order valence-corrected chi connectivity index (χ4v) is 1.04. The molecule has 0 aromatic rings. The van der Waals surface area contributed by atoms with Gasteiger partial charge in [0.25, 0.3) is 0 Å². The first-order chi connectivity index (χ1) is 5.95. The van der Waals surface area contributed by atoms with Crippen molar-refractivity contribution in [1.82, 2.24) is 0 Å². The maximum atomic E-state index is 11.1. The smallest absolute Gasteiger partial charge is 0.334 e. The van der Waals surface area contributed by atoms with E-state index in [-0.39, 0.29) is 11.4 Å². The van der Waals surface area contributed by atoms with Crippen molar-refractivity contribution in [1.29, 1.82) is 0 Å². The highest BCUT2D eigenvalue weighted by atomic mass is 16.5. The van der Waals surface area contributed by atoms with Gasteiger partial charge in [-0.05, 0) is 0 Å². The highest BCUT2D eigenvalue weighted by Gasteiger charge is 2.32. The van der Waals surface area contributed by atoms with Crippen LogP contribution in [0.3, 0.4) is 0 Å². The lowest BCUT2D eigenvalue weighted by Gasteiger charge is -2.16. The third kappa shape index (κ3) is 2.20. The Morgan fingerprint density at radius 2 is 2.23 bits per heavy atom. The predicted octanol–water partition coefficient (Wildman–Crippen LogP) is 1.00. The number of carbonyl (C=O) groups excluding carboxylic acids is 1. The summed E-state index contributed by atoms with van der Waals surface area (Å²) in [7, 11) is 1.35. The zero-order valence-corrected chi connectivity index (χ0v) is 8.46. The van der Waals surface area contributed by atoms with Gasteiger partial charge in [-0.3, -0.25) is 0 Å². The Bertz CT molecular complexity index is 240. The zero-order valence-electron chi connectivity index (χ0n) is 8.46. The summed E-state index contributed by atoms with van der Waals surface area (Å²) in [5.74, 6) is 0.294. The predicted molar refractivity (Wildman–Crippen MR) is 48.6 cm³/mol. The van der Waals surface area contributed by atoms with Gasteiger partial charge in [-0.1, -0.05) is 20.8 Å². The molecule has 4 nitrogen and oxygen atoms in total. The summed E-state index contributed by atoms with van der Waals surface area (Å²) in [6, 6.07) is -0.473. The molecule has 13 heavy (non-hydrogen) atoms. The Labute approximate surface area is 77.9 Å². The number of nitrogens with zero attached hydrogens (tertiary/aromatic N) is 1. The summed E-state index contributed by atoms with van der Waals surface area (Å²) < 4.78 is 9.87. The standard InChI is InChI=1S/C9H15NO3/c1-9(2,3)8-10-6(5-13-8)7(11)12-4/h6H,5H2,1-4H3. The van der Waals surface area contributed by atoms with Crippen LogP contribution in [0.4, 0.5) is 0 Å². The average Bonchev–Trinajstić information content (AvgIpc) is 2.50. The lowest BCUT2D eigenvalue weighted by Crippen LogP contribution is -2.21. The maximum absolute atomic E-state index is 11.1. The van der Waals surface area contributed by atoms with Crippen molar-refractivity contribution in [2.24, 2.45) is 10.4 Å². The van der Waals surface area contributed by atoms with Gasteiger partial charge in [0, 0.05) is 5.41 Å². The first-order valence-electron chi connectivity index (χ1n) is 4.24. The Balaban J connectivity index is 2.69. The molecule has 0 amide bonds. The molecule has 4 heteroatoms. The molecule has 1 aliphatic rings. The second-order valence-corrected chi connectivity index (χ2v) is 4.03. The van der Waals surface area contributed by atoms with E-state index in [1.807, 2.05) is 20.8 Å². The van der Waals surface area contributed by atoms with Crippen LogP contribution < -0.4 is 0 Å². The van der Waals surface area contributed by atoms with Crippen LogP contribution in [-0.4, -0.2) is 31.6 Å². The summed E-state index contributed by atoms with van der Waals surface area (Å²) in [5.41, 5.74) is -0.136. The lowest BCUT2D eigenvalue weighted by molar-refractivity contribution is -0.142. The summed E-state index contributed by atoms with van der Waals surface area (Å²) in [4.78, 5) is 15.2. The second-order valence-electron chi connectivity index (χ2n) is 4.03. The number of hydrogen-bond donors (Lipinski definition) is 0. The van der Waals surface area contributed by atoms with Crippen LogP contribution >= 0.6 is 0 Å². The fraction of sp³-hybridized carbons (Fsp3) is 0.778. The number of hydrogen-bond acceptors (Lipinski definition) is 4. The van der Waals surface area contributed by atoms with Crippen LogP contribution in [0, 0.1) is 5.41 Å². The molecule has 1 rings (SSSR count). The summed E-state index contributed by atoms with van der Waals surface area (Å²) in [6.07, 6.45) is 0. The van der Waals surface area contributed by atoms with E-state index in [1.165, 1.54) is 7.11 Å². The number of esters is 1. The van der Waals surface area contributed by atoms with Gasteiger partial charge >= 0.3 is 5.97 Å². The quantitative estimate of drug-likeness (QED) is 0.573. The average molecular weight is 185 g/mol. The SMILES string of the molecule is COC(=O)C1COC(C(C)(C)C)=N1. The monoisotopic (exact) mass is 185 g/mol. The van der Waals surface area contributed by atoms with Crippen LogP contribution in [0.5, 0.6) is 0 Å². The Kier molecular flexibility index (Phi) is 2.59. The van der Waals surface area contributed by atoms with E-state index < -0.39 is 6.04 Å². The van der Waals surface area contributed by atoms with Crippen molar-refractivity contribution in [3.05, 3.63) is 0 Å². The number of methoxy groups -OCH3 is 1. The van der Waals surface area contributed by atoms with Crippen LogP contribution in [0.25, 0.3) is 0 Å². The molecule has 0 aliphatic carbocycles. The van der Waals surface area contributed by atoms with Crippen LogP contribution in [0.15, 0.2) is 4.99 Å². The molecule has 0 saturated heterocycles. The number of aliphatic imine (C=N–C) groups is 1. The highest BCUT2D eigenvalue weighted by Crippen LogP contribution is 2.22. The van der Waals surface area contributed by atoms with E-state index in [1.54, 1.807) is 0 Å². The second kappa shape index (κ2) is 3.36. The van der Waals surface area contributed by atoms with Crippen LogP contribution in [-0.2, 0) is 14.3 Å². The van der Waals surface area contributed by atoms with Gasteiger partial charge in [0.15, 0.2) is 11.9 Å². The Morgan fingerprint density at radius 3 is 2.62 bits per heavy atom. The maximum Gasteiger partial charge on any atom is 0.334 e. The number of carbonyl (C=O) groups is 1. The lowest BCUT2D eigenvalue weighted by atomic mass is 9.97. The third-order valence-electron chi connectivity index (χ3n) is 1.77. The Morgan fingerprint density at radius 1 is 1.62 bits per heavy atom. The molecule has 0 fully saturated rings. The Hall–Kier alpha value is -1.06. The van der Waals surface area contributed by atoms with Gasteiger partial charge in [-0.2, -0.15) is 0 Å². The van der Waals surface area contributed by atoms with Crippen molar-refractivity contribution < 1.29 is 14.3 Å². The molecule has 0 aromatic heterocycles. The van der Waals surface area contributed by atoms with Gasteiger partial charge in [-0.15, -0.1) is 0 Å². The summed E-state index contributed by atoms with van der Waals surface area (Å²) in [6.45, 7) is 6.28. The van der Waals surface area contributed by atoms with E-state index >= 15 is 0 Å². The highest BCUT2D eigenvalue weighted by molar-refractivity contribution is 5.88. The van der Waals surface area contributed by atoms with Crippen LogP contribution in [0.2, 0.25) is 0 Å². The van der Waals surface area contributed by atoms with E-state index in [9.17, 15) is 4.79 Å². The molecule has 1 aliphatic heterocycles. The molecule has 0 spiro atoms. The van der Waals surface area contributed by atoms with Gasteiger partial charge < -0.3 is 9.47 Å². The topological polar surface area (TPSA) is 47.9 Å². The third-order valence-corrected chi connectivity index (χ3v) is 1.77. The molecular formula is C9H15NO3. The number of ether oxygens (including phenoxy) is 2. The minimum Gasteiger partial charge on any atom is -0.478 e. The first kappa shape index (κ1) is 10.0. The van der Waals surface area contributed by atoms with Crippen molar-refractivity contribution >= 4 is 11.9 Å². The van der Waals surface area contributed by atoms with Crippen molar-refractivity contribution in [2.75, 3.05) is 13.7 Å². The minimum atomic E-state index is -0.473.